The molecule has 124 valence electrons. The van der Waals surface area contributed by atoms with Crippen molar-refractivity contribution in [3.63, 3.8) is 0 Å². The summed E-state index contributed by atoms with van der Waals surface area (Å²) < 4.78 is 5.41. The highest BCUT2D eigenvalue weighted by atomic mass is 35.5. The summed E-state index contributed by atoms with van der Waals surface area (Å²) >= 11 is 0. The second kappa shape index (κ2) is 8.39. The van der Waals surface area contributed by atoms with Crippen molar-refractivity contribution in [2.45, 2.75) is 45.1 Å². The van der Waals surface area contributed by atoms with Gasteiger partial charge in [-0.05, 0) is 56.7 Å². The first-order valence-corrected chi connectivity index (χ1v) is 7.80. The summed E-state index contributed by atoms with van der Waals surface area (Å²) in [7, 11) is 0. The summed E-state index contributed by atoms with van der Waals surface area (Å²) in [5, 5.41) is 3.12. The fourth-order valence-electron chi connectivity index (χ4n) is 2.60. The molecular formula is C17H27ClN2O2. The fourth-order valence-corrected chi connectivity index (χ4v) is 2.60. The quantitative estimate of drug-likeness (QED) is 0.772. The number of nitrogens with two attached hydrogens (primary N) is 1. The number of rotatable bonds is 8. The van der Waals surface area contributed by atoms with Crippen LogP contribution in [-0.2, 0) is 11.2 Å². The Morgan fingerprint density at radius 3 is 2.50 bits per heavy atom. The lowest BCUT2D eigenvalue weighted by Crippen LogP contribution is -2.53. The Morgan fingerprint density at radius 1 is 1.36 bits per heavy atom. The minimum Gasteiger partial charge on any atom is -0.494 e. The Balaban J connectivity index is 0.00000242. The molecule has 4 nitrogen and oxygen atoms in total. The fraction of sp³-hybridized carbons (Fsp3) is 0.588. The summed E-state index contributed by atoms with van der Waals surface area (Å²) in [6.45, 7) is 5.19. The van der Waals surface area contributed by atoms with Crippen LogP contribution in [-0.4, -0.2) is 24.6 Å². The molecule has 1 aromatic rings. The molecule has 0 aliphatic heterocycles. The molecule has 1 saturated carbocycles. The number of hydrogen-bond donors (Lipinski definition) is 2. The number of carbonyl (C=O) groups excluding carboxylic acids is 1. The molecule has 5 heteroatoms. The number of benzene rings is 1. The summed E-state index contributed by atoms with van der Waals surface area (Å²) in [4.78, 5) is 12.1. The first-order valence-electron chi connectivity index (χ1n) is 7.80. The number of hydrogen-bond acceptors (Lipinski definition) is 3. The van der Waals surface area contributed by atoms with E-state index in [4.69, 9.17) is 10.5 Å². The molecule has 2 rings (SSSR count). The van der Waals surface area contributed by atoms with Gasteiger partial charge in [-0.1, -0.05) is 12.1 Å². The van der Waals surface area contributed by atoms with E-state index in [1.807, 2.05) is 31.2 Å². The Labute approximate surface area is 139 Å². The van der Waals surface area contributed by atoms with Crippen molar-refractivity contribution >= 4 is 18.3 Å². The van der Waals surface area contributed by atoms with Crippen molar-refractivity contribution < 1.29 is 9.53 Å². The van der Waals surface area contributed by atoms with E-state index in [0.29, 0.717) is 25.5 Å². The van der Waals surface area contributed by atoms with Crippen molar-refractivity contribution in [3.8, 4) is 5.75 Å². The van der Waals surface area contributed by atoms with Gasteiger partial charge >= 0.3 is 0 Å². The molecule has 1 fully saturated rings. The van der Waals surface area contributed by atoms with Crippen LogP contribution in [0, 0.1) is 5.92 Å². The van der Waals surface area contributed by atoms with Crippen molar-refractivity contribution in [2.75, 3.05) is 13.2 Å². The largest absolute Gasteiger partial charge is 0.494 e. The van der Waals surface area contributed by atoms with Crippen LogP contribution in [0.25, 0.3) is 0 Å². The lowest BCUT2D eigenvalue weighted by atomic mass is 9.95. The van der Waals surface area contributed by atoms with E-state index in [9.17, 15) is 4.79 Å². The van der Waals surface area contributed by atoms with Crippen LogP contribution in [0.3, 0.4) is 0 Å². The van der Waals surface area contributed by atoms with E-state index in [1.165, 1.54) is 12.8 Å². The van der Waals surface area contributed by atoms with Gasteiger partial charge < -0.3 is 15.8 Å². The molecule has 0 radical (unpaired) electrons. The standard InChI is InChI=1S/C17H26N2O2.ClH/c1-3-21-15-9-4-13(5-10-15)6-11-16(20)19-17(2,12-18)14-7-8-14;/h4-5,9-10,14H,3,6-8,11-12,18H2,1-2H3,(H,19,20);1H. The van der Waals surface area contributed by atoms with Crippen LogP contribution in [0.1, 0.15) is 38.7 Å². The van der Waals surface area contributed by atoms with Gasteiger partial charge in [-0.2, -0.15) is 0 Å². The summed E-state index contributed by atoms with van der Waals surface area (Å²) in [5.74, 6) is 1.51. The van der Waals surface area contributed by atoms with Crippen molar-refractivity contribution in [1.29, 1.82) is 0 Å². The molecule has 0 aromatic heterocycles. The van der Waals surface area contributed by atoms with Crippen molar-refractivity contribution in [2.24, 2.45) is 11.7 Å². The third-order valence-corrected chi connectivity index (χ3v) is 4.20. The molecule has 1 unspecified atom stereocenters. The average Bonchev–Trinajstić information content (AvgIpc) is 3.32. The van der Waals surface area contributed by atoms with Crippen LogP contribution in [0.5, 0.6) is 5.75 Å². The average molecular weight is 327 g/mol. The first-order chi connectivity index (χ1) is 10.1. The number of carbonyl (C=O) groups is 1. The summed E-state index contributed by atoms with van der Waals surface area (Å²) in [6, 6.07) is 7.93. The number of halogens is 1. The number of amides is 1. The third-order valence-electron chi connectivity index (χ3n) is 4.20. The molecule has 1 aliphatic carbocycles. The molecular weight excluding hydrogens is 300 g/mol. The van der Waals surface area contributed by atoms with Gasteiger partial charge in [-0.25, -0.2) is 0 Å². The number of nitrogens with one attached hydrogen (secondary N) is 1. The van der Waals surface area contributed by atoms with Crippen LogP contribution < -0.4 is 15.8 Å². The summed E-state index contributed by atoms with van der Waals surface area (Å²) in [5.41, 5.74) is 6.74. The SMILES string of the molecule is CCOc1ccc(CCC(=O)NC(C)(CN)C2CC2)cc1.Cl. The van der Waals surface area contributed by atoms with Crippen molar-refractivity contribution in [1.82, 2.24) is 5.32 Å². The lowest BCUT2D eigenvalue weighted by molar-refractivity contribution is -0.123. The van der Waals surface area contributed by atoms with E-state index in [2.05, 4.69) is 12.2 Å². The lowest BCUT2D eigenvalue weighted by Gasteiger charge is -2.29. The molecule has 22 heavy (non-hydrogen) atoms. The zero-order chi connectivity index (χ0) is 15.3. The van der Waals surface area contributed by atoms with Crippen molar-refractivity contribution in [3.05, 3.63) is 29.8 Å². The van der Waals surface area contributed by atoms with Crippen LogP contribution in [0.15, 0.2) is 24.3 Å². The second-order valence-corrected chi connectivity index (χ2v) is 6.02. The highest BCUT2D eigenvalue weighted by Gasteiger charge is 2.41. The van der Waals surface area contributed by atoms with Crippen LogP contribution in [0.4, 0.5) is 0 Å². The molecule has 1 amide bonds. The van der Waals surface area contributed by atoms with Crippen LogP contribution >= 0.6 is 12.4 Å². The molecule has 0 heterocycles. The van der Waals surface area contributed by atoms with Crippen LogP contribution in [0.2, 0.25) is 0 Å². The minimum absolute atomic E-state index is 0. The molecule has 1 aromatic carbocycles. The molecule has 1 atom stereocenters. The molecule has 0 saturated heterocycles. The predicted molar refractivity (Wildman–Crippen MR) is 91.5 cm³/mol. The summed E-state index contributed by atoms with van der Waals surface area (Å²) in [6.07, 6.45) is 3.58. The zero-order valence-electron chi connectivity index (χ0n) is 13.4. The Morgan fingerprint density at radius 2 is 2.00 bits per heavy atom. The Kier molecular flexibility index (Phi) is 7.17. The van der Waals surface area contributed by atoms with Gasteiger partial charge in [-0.15, -0.1) is 12.4 Å². The molecule has 3 N–H and O–H groups in total. The topological polar surface area (TPSA) is 64.3 Å². The van der Waals surface area contributed by atoms with E-state index in [-0.39, 0.29) is 23.9 Å². The predicted octanol–water partition coefficient (Wildman–Crippen LogP) is 2.68. The molecule has 1 aliphatic rings. The highest BCUT2D eigenvalue weighted by molar-refractivity contribution is 5.85. The first kappa shape index (κ1) is 18.8. The Bertz CT molecular complexity index is 474. The second-order valence-electron chi connectivity index (χ2n) is 6.02. The maximum atomic E-state index is 12.1. The Hall–Kier alpha value is -1.26. The highest BCUT2D eigenvalue weighted by Crippen LogP contribution is 2.39. The number of aryl methyl sites for hydroxylation is 1. The zero-order valence-corrected chi connectivity index (χ0v) is 14.2. The maximum absolute atomic E-state index is 12.1. The molecule has 0 spiro atoms. The van der Waals surface area contributed by atoms with E-state index < -0.39 is 0 Å². The van der Waals surface area contributed by atoms with Gasteiger partial charge in [0.25, 0.3) is 0 Å². The monoisotopic (exact) mass is 326 g/mol. The van der Waals surface area contributed by atoms with E-state index in [1.54, 1.807) is 0 Å². The van der Waals surface area contributed by atoms with E-state index >= 15 is 0 Å². The minimum atomic E-state index is -0.226. The van der Waals surface area contributed by atoms with Gasteiger partial charge in [0.1, 0.15) is 5.75 Å². The maximum Gasteiger partial charge on any atom is 0.220 e. The number of ether oxygens (including phenoxy) is 1. The van der Waals surface area contributed by atoms with Gasteiger partial charge in [-0.3, -0.25) is 4.79 Å². The third kappa shape index (κ3) is 5.18. The van der Waals surface area contributed by atoms with Gasteiger partial charge in [0.15, 0.2) is 0 Å². The normalized spacial score (nSPS) is 16.3. The van der Waals surface area contributed by atoms with Gasteiger partial charge in [0.2, 0.25) is 5.91 Å². The smallest absolute Gasteiger partial charge is 0.220 e. The van der Waals surface area contributed by atoms with Gasteiger partial charge in [0, 0.05) is 13.0 Å². The molecule has 0 bridgehead atoms. The van der Waals surface area contributed by atoms with E-state index in [0.717, 1.165) is 17.7 Å². The van der Waals surface area contributed by atoms with Gasteiger partial charge in [0.05, 0.1) is 12.1 Å².